The molecule has 1 aromatic heterocycles. The molecule has 5 nitrogen and oxygen atoms in total. The van der Waals surface area contributed by atoms with Crippen LogP contribution in [0.1, 0.15) is 37.9 Å². The average Bonchev–Trinajstić information content (AvgIpc) is 2.76. The van der Waals surface area contributed by atoms with Gasteiger partial charge in [-0.25, -0.2) is 9.78 Å². The number of carbonyl (C=O) groups is 1. The fourth-order valence-electron chi connectivity index (χ4n) is 2.41. The van der Waals surface area contributed by atoms with E-state index in [-0.39, 0.29) is 6.03 Å². The number of urea groups is 1. The quantitative estimate of drug-likeness (QED) is 0.852. The van der Waals surface area contributed by atoms with E-state index in [1.807, 2.05) is 17.8 Å². The normalized spacial score (nSPS) is 16.5. The number of hydrogen-bond acceptors (Lipinski definition) is 2. The number of carbonyl (C=O) groups excluding carboxylic acids is 1. The van der Waals surface area contributed by atoms with Crippen LogP contribution in [-0.4, -0.2) is 28.2 Å². The number of nitrogens with zero attached hydrogens (tertiary/aromatic N) is 2. The van der Waals surface area contributed by atoms with Gasteiger partial charge in [0.15, 0.2) is 0 Å². The van der Waals surface area contributed by atoms with Crippen LogP contribution in [0.3, 0.4) is 0 Å². The Hall–Kier alpha value is -1.52. The lowest BCUT2D eigenvalue weighted by Gasteiger charge is -2.22. The van der Waals surface area contributed by atoms with Crippen LogP contribution in [0, 0.1) is 0 Å². The summed E-state index contributed by atoms with van der Waals surface area (Å²) < 4.78 is 1.97. The molecule has 1 aromatic rings. The van der Waals surface area contributed by atoms with Crippen molar-refractivity contribution in [3.63, 3.8) is 0 Å². The van der Waals surface area contributed by atoms with Crippen molar-refractivity contribution in [2.24, 2.45) is 7.05 Å². The monoisotopic (exact) mass is 250 g/mol. The Morgan fingerprint density at radius 3 is 2.89 bits per heavy atom. The third-order valence-electron chi connectivity index (χ3n) is 3.50. The third kappa shape index (κ3) is 3.75. The van der Waals surface area contributed by atoms with Gasteiger partial charge < -0.3 is 15.2 Å². The van der Waals surface area contributed by atoms with Crippen molar-refractivity contribution >= 4 is 6.03 Å². The number of aromatic nitrogens is 2. The maximum atomic E-state index is 11.7. The second kappa shape index (κ2) is 6.42. The van der Waals surface area contributed by atoms with Gasteiger partial charge in [0.2, 0.25) is 0 Å². The van der Waals surface area contributed by atoms with E-state index in [1.165, 1.54) is 19.3 Å². The lowest BCUT2D eigenvalue weighted by molar-refractivity contribution is 0.232. The van der Waals surface area contributed by atoms with Crippen LogP contribution < -0.4 is 10.6 Å². The molecule has 0 radical (unpaired) electrons. The van der Waals surface area contributed by atoms with Gasteiger partial charge in [0, 0.05) is 38.4 Å². The number of amides is 2. The second-order valence-corrected chi connectivity index (χ2v) is 4.94. The van der Waals surface area contributed by atoms with E-state index in [0.717, 1.165) is 25.1 Å². The molecular formula is C13H22N4O. The summed E-state index contributed by atoms with van der Waals surface area (Å²) in [5, 5.41) is 5.93. The van der Waals surface area contributed by atoms with Crippen LogP contribution in [0.4, 0.5) is 4.79 Å². The minimum Gasteiger partial charge on any atom is -0.338 e. The first-order chi connectivity index (χ1) is 8.75. The van der Waals surface area contributed by atoms with Crippen LogP contribution >= 0.6 is 0 Å². The molecule has 1 fully saturated rings. The SMILES string of the molecule is Cn1ccnc1CCNC(=O)NC1CCCCC1. The Labute approximate surface area is 108 Å². The third-order valence-corrected chi connectivity index (χ3v) is 3.50. The highest BCUT2D eigenvalue weighted by Gasteiger charge is 2.15. The Balaban J connectivity index is 1.64. The van der Waals surface area contributed by atoms with Crippen LogP contribution in [0.5, 0.6) is 0 Å². The standard InChI is InChI=1S/C13H22N4O/c1-17-10-9-14-12(17)7-8-15-13(18)16-11-5-3-2-4-6-11/h9-11H,2-8H2,1H3,(H2,15,16,18). The van der Waals surface area contributed by atoms with Crippen molar-refractivity contribution < 1.29 is 4.79 Å². The Morgan fingerprint density at radius 1 is 1.44 bits per heavy atom. The molecule has 18 heavy (non-hydrogen) atoms. The summed E-state index contributed by atoms with van der Waals surface area (Å²) in [6, 6.07) is 0.322. The van der Waals surface area contributed by atoms with Crippen molar-refractivity contribution in [1.82, 2.24) is 20.2 Å². The smallest absolute Gasteiger partial charge is 0.315 e. The predicted octanol–water partition coefficient (Wildman–Crippen LogP) is 1.59. The molecule has 5 heteroatoms. The molecule has 0 saturated heterocycles. The molecule has 1 saturated carbocycles. The first-order valence-electron chi connectivity index (χ1n) is 6.76. The minimum absolute atomic E-state index is 0.0453. The van der Waals surface area contributed by atoms with Gasteiger partial charge in [-0.2, -0.15) is 0 Å². The number of hydrogen-bond donors (Lipinski definition) is 2. The van der Waals surface area contributed by atoms with Gasteiger partial charge in [-0.3, -0.25) is 0 Å². The van der Waals surface area contributed by atoms with Gasteiger partial charge in [-0.15, -0.1) is 0 Å². The summed E-state index contributed by atoms with van der Waals surface area (Å²) in [6.07, 6.45) is 10.5. The number of imidazole rings is 1. The Morgan fingerprint density at radius 2 is 2.22 bits per heavy atom. The van der Waals surface area contributed by atoms with Crippen molar-refractivity contribution in [2.75, 3.05) is 6.54 Å². The average molecular weight is 250 g/mol. The molecule has 1 aliphatic carbocycles. The van der Waals surface area contributed by atoms with Gasteiger partial charge in [0.05, 0.1) is 0 Å². The van der Waals surface area contributed by atoms with Crippen LogP contribution in [0.25, 0.3) is 0 Å². The van der Waals surface area contributed by atoms with Crippen molar-refractivity contribution in [3.8, 4) is 0 Å². The molecule has 0 atom stereocenters. The topological polar surface area (TPSA) is 59.0 Å². The Bertz CT molecular complexity index is 382. The van der Waals surface area contributed by atoms with Gasteiger partial charge in [0.25, 0.3) is 0 Å². The van der Waals surface area contributed by atoms with Gasteiger partial charge >= 0.3 is 6.03 Å². The summed E-state index contributed by atoms with van der Waals surface area (Å²) in [5.41, 5.74) is 0. The molecule has 2 rings (SSSR count). The maximum absolute atomic E-state index is 11.7. The molecular weight excluding hydrogens is 228 g/mol. The van der Waals surface area contributed by atoms with Crippen molar-refractivity contribution in [3.05, 3.63) is 18.2 Å². The molecule has 100 valence electrons. The molecule has 0 unspecified atom stereocenters. The van der Waals surface area contributed by atoms with E-state index in [2.05, 4.69) is 15.6 Å². The zero-order chi connectivity index (χ0) is 12.8. The zero-order valence-electron chi connectivity index (χ0n) is 11.0. The van der Waals surface area contributed by atoms with Crippen LogP contribution in [-0.2, 0) is 13.5 Å². The predicted molar refractivity (Wildman–Crippen MR) is 70.3 cm³/mol. The van der Waals surface area contributed by atoms with E-state index >= 15 is 0 Å². The highest BCUT2D eigenvalue weighted by atomic mass is 16.2. The molecule has 0 aliphatic heterocycles. The summed E-state index contributed by atoms with van der Waals surface area (Å²) in [6.45, 7) is 0.628. The Kier molecular flexibility index (Phi) is 4.61. The lowest BCUT2D eigenvalue weighted by atomic mass is 9.96. The zero-order valence-corrected chi connectivity index (χ0v) is 11.0. The molecule has 0 spiro atoms. The molecule has 1 aliphatic rings. The first-order valence-corrected chi connectivity index (χ1v) is 6.76. The summed E-state index contributed by atoms with van der Waals surface area (Å²) in [4.78, 5) is 15.9. The lowest BCUT2D eigenvalue weighted by Crippen LogP contribution is -2.43. The fourth-order valence-corrected chi connectivity index (χ4v) is 2.41. The molecule has 2 amide bonds. The summed E-state index contributed by atoms with van der Waals surface area (Å²) in [7, 11) is 1.96. The van der Waals surface area contributed by atoms with E-state index < -0.39 is 0 Å². The summed E-state index contributed by atoms with van der Waals surface area (Å²) >= 11 is 0. The van der Waals surface area contributed by atoms with Gasteiger partial charge in [-0.1, -0.05) is 19.3 Å². The van der Waals surface area contributed by atoms with Gasteiger partial charge in [-0.05, 0) is 12.8 Å². The molecule has 0 bridgehead atoms. The summed E-state index contributed by atoms with van der Waals surface area (Å²) in [5.74, 6) is 0.993. The largest absolute Gasteiger partial charge is 0.338 e. The molecule has 1 heterocycles. The van der Waals surface area contributed by atoms with E-state index in [1.54, 1.807) is 6.20 Å². The van der Waals surface area contributed by atoms with Crippen LogP contribution in [0.2, 0.25) is 0 Å². The van der Waals surface area contributed by atoms with Gasteiger partial charge in [0.1, 0.15) is 5.82 Å². The maximum Gasteiger partial charge on any atom is 0.315 e. The molecule has 0 aromatic carbocycles. The number of aryl methyl sites for hydroxylation is 1. The molecule has 2 N–H and O–H groups in total. The van der Waals surface area contributed by atoms with Crippen LogP contribution in [0.15, 0.2) is 12.4 Å². The second-order valence-electron chi connectivity index (χ2n) is 4.94. The minimum atomic E-state index is -0.0453. The first kappa shape index (κ1) is 12.9. The number of rotatable bonds is 4. The van der Waals surface area contributed by atoms with E-state index in [4.69, 9.17) is 0 Å². The van der Waals surface area contributed by atoms with E-state index in [9.17, 15) is 4.79 Å². The highest BCUT2D eigenvalue weighted by Crippen LogP contribution is 2.17. The van der Waals surface area contributed by atoms with Crippen molar-refractivity contribution in [1.29, 1.82) is 0 Å². The highest BCUT2D eigenvalue weighted by molar-refractivity contribution is 5.74. The fraction of sp³-hybridized carbons (Fsp3) is 0.692. The number of nitrogens with one attached hydrogen (secondary N) is 2. The van der Waals surface area contributed by atoms with Crippen molar-refractivity contribution in [2.45, 2.75) is 44.6 Å². The van der Waals surface area contributed by atoms with E-state index in [0.29, 0.717) is 12.6 Å².